The number of nitrogens with zero attached hydrogens (tertiary/aromatic N) is 3. The minimum atomic E-state index is -1.10. The molecule has 10 heteroatoms. The van der Waals surface area contributed by atoms with Crippen LogP contribution in [0.15, 0.2) is 48.8 Å². The van der Waals surface area contributed by atoms with Crippen molar-refractivity contribution in [2.24, 2.45) is 5.73 Å². The summed E-state index contributed by atoms with van der Waals surface area (Å²) in [4.78, 5) is 44.0. The van der Waals surface area contributed by atoms with Crippen LogP contribution in [-0.2, 0) is 14.4 Å². The number of nitrogen functional groups attached to an aromatic ring is 1. The molecule has 1 aliphatic rings. The summed E-state index contributed by atoms with van der Waals surface area (Å²) in [5, 5.41) is 16.9. The number of nitrogens with one attached hydrogen (secondary N) is 1. The molecule has 0 spiro atoms. The van der Waals surface area contributed by atoms with Gasteiger partial charge in [0.15, 0.2) is 6.23 Å². The number of piperazine rings is 1. The minimum absolute atomic E-state index is 0.00806. The van der Waals surface area contributed by atoms with Gasteiger partial charge in [-0.05, 0) is 42.3 Å². The van der Waals surface area contributed by atoms with Crippen LogP contribution in [0.3, 0.4) is 0 Å². The van der Waals surface area contributed by atoms with E-state index in [1.165, 1.54) is 16.0 Å². The number of amides is 2. The summed E-state index contributed by atoms with van der Waals surface area (Å²) in [5.74, 6) is -2.28. The van der Waals surface area contributed by atoms with Crippen molar-refractivity contribution in [1.82, 2.24) is 14.8 Å². The highest BCUT2D eigenvalue weighted by Crippen LogP contribution is 2.29. The van der Waals surface area contributed by atoms with Crippen LogP contribution < -0.4 is 10.5 Å². The van der Waals surface area contributed by atoms with Gasteiger partial charge in [0.1, 0.15) is 11.6 Å². The summed E-state index contributed by atoms with van der Waals surface area (Å²) in [5.41, 5.74) is 6.53. The molecule has 2 heterocycles. The number of hydrogen-bond acceptors (Lipinski definition) is 6. The van der Waals surface area contributed by atoms with Gasteiger partial charge in [0.2, 0.25) is 0 Å². The van der Waals surface area contributed by atoms with Crippen LogP contribution in [-0.4, -0.2) is 62.8 Å². The second-order valence-electron chi connectivity index (χ2n) is 7.37. The number of benzene rings is 1. The Morgan fingerprint density at radius 2 is 2.00 bits per heavy atom. The molecule has 0 saturated carbocycles. The smallest absolute Gasteiger partial charge is 0.315 e. The molecule has 32 heavy (non-hydrogen) atoms. The highest BCUT2D eigenvalue weighted by Gasteiger charge is 2.43. The van der Waals surface area contributed by atoms with E-state index in [-0.39, 0.29) is 18.8 Å². The summed E-state index contributed by atoms with van der Waals surface area (Å²) in [6.07, 6.45) is 2.46. The van der Waals surface area contributed by atoms with E-state index >= 15 is 0 Å². The number of nitrogens with two attached hydrogens (primary N) is 1. The molecule has 2 amide bonds. The van der Waals surface area contributed by atoms with Crippen molar-refractivity contribution in [1.29, 1.82) is 5.41 Å². The topological polar surface area (TPSA) is 150 Å². The number of rotatable bonds is 9. The van der Waals surface area contributed by atoms with E-state index < -0.39 is 30.1 Å². The lowest BCUT2D eigenvalue weighted by atomic mass is 10.0. The van der Waals surface area contributed by atoms with Crippen LogP contribution in [0.2, 0.25) is 0 Å². The van der Waals surface area contributed by atoms with E-state index in [0.29, 0.717) is 29.8 Å². The van der Waals surface area contributed by atoms with E-state index in [1.807, 2.05) is 6.92 Å². The summed E-state index contributed by atoms with van der Waals surface area (Å²) >= 11 is 0. The highest BCUT2D eigenvalue weighted by molar-refractivity contribution is 6.35. The number of ether oxygens (including phenoxy) is 1. The van der Waals surface area contributed by atoms with Gasteiger partial charge >= 0.3 is 17.8 Å². The average Bonchev–Trinajstić information content (AvgIpc) is 2.78. The van der Waals surface area contributed by atoms with Gasteiger partial charge < -0.3 is 20.5 Å². The van der Waals surface area contributed by atoms with Crippen LogP contribution in [0.25, 0.3) is 0 Å². The summed E-state index contributed by atoms with van der Waals surface area (Å²) < 4.78 is 6.03. The molecule has 168 valence electrons. The molecule has 0 aliphatic carbocycles. The number of carbonyl (C=O) groups is 3. The first-order chi connectivity index (χ1) is 15.3. The van der Waals surface area contributed by atoms with E-state index in [4.69, 9.17) is 15.9 Å². The van der Waals surface area contributed by atoms with Crippen molar-refractivity contribution in [3.8, 4) is 5.75 Å². The molecule has 1 aromatic carbocycles. The molecule has 2 atom stereocenters. The summed E-state index contributed by atoms with van der Waals surface area (Å²) in [7, 11) is 0. The molecule has 1 aliphatic heterocycles. The predicted octanol–water partition coefficient (Wildman–Crippen LogP) is 1.37. The van der Waals surface area contributed by atoms with Crippen molar-refractivity contribution >= 4 is 23.6 Å². The van der Waals surface area contributed by atoms with Gasteiger partial charge in [0.05, 0.1) is 19.0 Å². The minimum Gasteiger partial charge on any atom is -0.481 e. The second-order valence-corrected chi connectivity index (χ2v) is 7.37. The van der Waals surface area contributed by atoms with E-state index in [1.54, 1.807) is 42.6 Å². The Labute approximate surface area is 185 Å². The summed E-state index contributed by atoms with van der Waals surface area (Å²) in [6.45, 7) is 2.18. The van der Waals surface area contributed by atoms with Crippen LogP contribution in [0.1, 0.15) is 36.9 Å². The Balaban J connectivity index is 1.92. The molecule has 1 aromatic heterocycles. The van der Waals surface area contributed by atoms with Crippen LogP contribution in [0.4, 0.5) is 0 Å². The number of aromatic nitrogens is 1. The molecule has 10 nitrogen and oxygen atoms in total. The zero-order valence-electron chi connectivity index (χ0n) is 17.6. The van der Waals surface area contributed by atoms with Crippen molar-refractivity contribution in [3.63, 3.8) is 0 Å². The van der Waals surface area contributed by atoms with E-state index in [9.17, 15) is 19.5 Å². The molecular weight excluding hydrogens is 414 g/mol. The molecule has 0 bridgehead atoms. The number of hydrogen-bond donors (Lipinski definition) is 3. The molecule has 4 N–H and O–H groups in total. The predicted molar refractivity (Wildman–Crippen MR) is 115 cm³/mol. The zero-order chi connectivity index (χ0) is 23.3. The number of aliphatic carboxylic acids is 1. The van der Waals surface area contributed by atoms with Crippen molar-refractivity contribution in [2.75, 3.05) is 13.1 Å². The zero-order valence-corrected chi connectivity index (χ0v) is 17.6. The molecule has 2 aromatic rings. The Kier molecular flexibility index (Phi) is 7.04. The summed E-state index contributed by atoms with van der Waals surface area (Å²) in [6, 6.07) is 8.95. The molecule has 0 radical (unpaired) electrons. The maximum atomic E-state index is 13.0. The number of carboxylic acids is 1. The van der Waals surface area contributed by atoms with Gasteiger partial charge in [0, 0.05) is 24.5 Å². The van der Waals surface area contributed by atoms with E-state index in [2.05, 4.69) is 4.98 Å². The maximum absolute atomic E-state index is 13.0. The van der Waals surface area contributed by atoms with Gasteiger partial charge in [0.25, 0.3) is 0 Å². The largest absolute Gasteiger partial charge is 0.481 e. The van der Waals surface area contributed by atoms with Crippen LogP contribution in [0.5, 0.6) is 5.75 Å². The third-order valence-electron chi connectivity index (χ3n) is 5.12. The monoisotopic (exact) mass is 439 g/mol. The Morgan fingerprint density at radius 1 is 1.28 bits per heavy atom. The molecule has 1 saturated heterocycles. The number of carboxylic acid groups (broad SMARTS) is 1. The standard InChI is InChI=1S/C22H25N5O5/c1-2-10-26-18(32-16-7-5-14(6-8-16)20(23)24)13-27(22(31)21(26)30)17(11-19(28)29)15-4-3-9-25-12-15/h3-9,12,17-18H,2,10-11,13H2,1H3,(H3,23,24)(H,28,29). The lowest BCUT2D eigenvalue weighted by Gasteiger charge is -2.42. The first-order valence-corrected chi connectivity index (χ1v) is 10.2. The Hall–Kier alpha value is -3.95. The SMILES string of the molecule is CCCN1C(=O)C(=O)N(C(CC(=O)O)c2cccnc2)CC1Oc1ccc(C(=N)N)cc1. The molecule has 3 rings (SSSR count). The van der Waals surface area contributed by atoms with Gasteiger partial charge in [-0.1, -0.05) is 13.0 Å². The van der Waals surface area contributed by atoms with Crippen molar-refractivity contribution in [2.45, 2.75) is 32.0 Å². The van der Waals surface area contributed by atoms with Gasteiger partial charge in [-0.2, -0.15) is 0 Å². The van der Waals surface area contributed by atoms with Crippen LogP contribution >= 0.6 is 0 Å². The fraction of sp³-hybridized carbons (Fsp3) is 0.318. The van der Waals surface area contributed by atoms with E-state index in [0.717, 1.165) is 0 Å². The lowest BCUT2D eigenvalue weighted by molar-refractivity contribution is -0.169. The fourth-order valence-corrected chi connectivity index (χ4v) is 3.60. The van der Waals surface area contributed by atoms with Gasteiger partial charge in [-0.15, -0.1) is 0 Å². The first kappa shape index (κ1) is 22.7. The fourth-order valence-electron chi connectivity index (χ4n) is 3.60. The number of carbonyl (C=O) groups excluding carboxylic acids is 2. The van der Waals surface area contributed by atoms with Crippen LogP contribution in [0, 0.1) is 5.41 Å². The van der Waals surface area contributed by atoms with Gasteiger partial charge in [-0.3, -0.25) is 29.7 Å². The quantitative estimate of drug-likeness (QED) is 0.303. The highest BCUT2D eigenvalue weighted by atomic mass is 16.5. The maximum Gasteiger partial charge on any atom is 0.315 e. The Morgan fingerprint density at radius 3 is 2.56 bits per heavy atom. The number of amidine groups is 1. The third-order valence-corrected chi connectivity index (χ3v) is 5.12. The average molecular weight is 439 g/mol. The Bertz CT molecular complexity index is 996. The van der Waals surface area contributed by atoms with Crippen molar-refractivity contribution in [3.05, 3.63) is 59.9 Å². The molecule has 2 unspecified atom stereocenters. The molecular formula is C22H25N5O5. The van der Waals surface area contributed by atoms with Crippen molar-refractivity contribution < 1.29 is 24.2 Å². The molecule has 1 fully saturated rings. The lowest BCUT2D eigenvalue weighted by Crippen LogP contribution is -2.62. The normalized spacial score (nSPS) is 17.2. The second kappa shape index (κ2) is 9.90. The van der Waals surface area contributed by atoms with Gasteiger partial charge in [-0.25, -0.2) is 0 Å². The number of pyridine rings is 1. The third kappa shape index (κ3) is 5.02. The first-order valence-electron chi connectivity index (χ1n) is 10.2.